The average molecular weight is 206 g/mol. The van der Waals surface area contributed by atoms with Crippen LogP contribution in [0.4, 0.5) is 0 Å². The molecule has 0 aromatic rings. The topological polar surface area (TPSA) is 101 Å². The minimum atomic E-state index is -1.23. The van der Waals surface area contributed by atoms with Crippen LogP contribution in [0, 0.1) is 0 Å². The molecule has 0 heterocycles. The number of hydrogen-bond acceptors (Lipinski definition) is 5. The van der Waals surface area contributed by atoms with Crippen LogP contribution in [0.25, 0.3) is 0 Å². The number of ketones is 1. The van der Waals surface area contributed by atoms with E-state index in [2.05, 4.69) is 4.74 Å². The lowest BCUT2D eigenvalue weighted by Gasteiger charge is -1.93. The van der Waals surface area contributed by atoms with Gasteiger partial charge in [-0.3, -0.25) is 4.79 Å². The van der Waals surface area contributed by atoms with E-state index in [0.717, 1.165) is 0 Å². The lowest BCUT2D eigenvalue weighted by molar-refractivity contribution is -0.152. The molecule has 0 saturated carbocycles. The average Bonchev–Trinajstić information content (AvgIpc) is 2.05. The normalized spacial score (nSPS) is 10.6. The van der Waals surface area contributed by atoms with Crippen molar-refractivity contribution in [3.63, 3.8) is 0 Å². The zero-order chi connectivity index (χ0) is 11.7. The molecule has 6 nitrogen and oxygen atoms in total. The van der Waals surface area contributed by atoms with Gasteiger partial charge in [0.15, 0.2) is 0 Å². The molecule has 0 saturated heterocycles. The lowest BCUT2D eigenvalue weighted by atomic mass is 10.4. The van der Waals surface area contributed by atoms with E-state index >= 15 is 0 Å². The second-order valence-corrected chi connectivity index (χ2v) is 2.29. The van der Waals surface area contributed by atoms with Gasteiger partial charge < -0.3 is 14.9 Å². The molecule has 6 heteroatoms. The maximum atomic E-state index is 10.2. The summed E-state index contributed by atoms with van der Waals surface area (Å²) in [6, 6.07) is 0. The Bertz CT molecular complexity index is 208. The first-order valence-corrected chi connectivity index (χ1v) is 3.91. The minimum absolute atomic E-state index is 0.262. The molecular weight excluding hydrogens is 192 g/mol. The van der Waals surface area contributed by atoms with Gasteiger partial charge in [-0.05, 0) is 13.8 Å². The quantitative estimate of drug-likeness (QED) is 0.481. The van der Waals surface area contributed by atoms with Crippen LogP contribution in [-0.2, 0) is 19.1 Å². The maximum absolute atomic E-state index is 10.2. The first-order chi connectivity index (χ1) is 6.32. The van der Waals surface area contributed by atoms with Crippen LogP contribution in [0.2, 0.25) is 0 Å². The van der Waals surface area contributed by atoms with Crippen LogP contribution in [0.3, 0.4) is 0 Å². The zero-order valence-electron chi connectivity index (χ0n) is 8.31. The number of aliphatic hydroxyl groups is 1. The molecule has 0 amide bonds. The van der Waals surface area contributed by atoms with Crippen molar-refractivity contribution in [2.45, 2.75) is 26.9 Å². The third-order valence-corrected chi connectivity index (χ3v) is 0.920. The first-order valence-electron chi connectivity index (χ1n) is 3.91. The molecule has 0 aromatic heterocycles. The molecule has 0 aromatic carbocycles. The van der Waals surface area contributed by atoms with Crippen molar-refractivity contribution in [2.75, 3.05) is 6.61 Å². The molecule has 1 atom stereocenters. The maximum Gasteiger partial charge on any atom is 0.374 e. The smallest absolute Gasteiger partial charge is 0.374 e. The van der Waals surface area contributed by atoms with E-state index in [1.165, 1.54) is 13.8 Å². The number of carbonyl (C=O) groups excluding carboxylic acids is 2. The van der Waals surface area contributed by atoms with Crippen LogP contribution in [0.1, 0.15) is 20.8 Å². The van der Waals surface area contributed by atoms with E-state index in [-0.39, 0.29) is 6.61 Å². The molecule has 0 radical (unpaired) electrons. The molecule has 0 spiro atoms. The number of carboxylic acid groups (broad SMARTS) is 1. The molecule has 0 aliphatic rings. The van der Waals surface area contributed by atoms with Crippen molar-refractivity contribution in [2.24, 2.45) is 0 Å². The van der Waals surface area contributed by atoms with Gasteiger partial charge in [-0.25, -0.2) is 9.59 Å². The number of carbonyl (C=O) groups is 3. The standard InChI is InChI=1S/C5H8O3.C3H6O3/c1-3-8-5(7)4(2)6;1-2(4)3(5)6/h3H2,1-2H3;2,4H,1H3,(H,5,6). The van der Waals surface area contributed by atoms with Crippen molar-refractivity contribution in [1.82, 2.24) is 0 Å². The molecule has 0 aliphatic carbocycles. The van der Waals surface area contributed by atoms with Gasteiger partial charge in [0, 0.05) is 6.92 Å². The Kier molecular flexibility index (Phi) is 8.80. The van der Waals surface area contributed by atoms with Gasteiger partial charge in [-0.1, -0.05) is 0 Å². The molecule has 0 bridgehead atoms. The third-order valence-electron chi connectivity index (χ3n) is 0.920. The Morgan fingerprint density at radius 3 is 1.79 bits per heavy atom. The Balaban J connectivity index is 0. The molecule has 14 heavy (non-hydrogen) atoms. The molecular formula is C8H14O6. The molecule has 2 N–H and O–H groups in total. The van der Waals surface area contributed by atoms with Crippen molar-refractivity contribution in [3.05, 3.63) is 0 Å². The second kappa shape index (κ2) is 8.18. The van der Waals surface area contributed by atoms with Gasteiger partial charge >= 0.3 is 11.9 Å². The summed E-state index contributed by atoms with van der Waals surface area (Å²) in [6.07, 6.45) is -1.23. The monoisotopic (exact) mass is 206 g/mol. The highest BCUT2D eigenvalue weighted by Gasteiger charge is 2.05. The Morgan fingerprint density at radius 1 is 1.36 bits per heavy atom. The molecule has 0 fully saturated rings. The molecule has 82 valence electrons. The van der Waals surface area contributed by atoms with Crippen LogP contribution < -0.4 is 0 Å². The summed E-state index contributed by atoms with van der Waals surface area (Å²) in [6.45, 7) is 4.29. The summed E-state index contributed by atoms with van der Waals surface area (Å²) in [7, 11) is 0. The summed E-state index contributed by atoms with van der Waals surface area (Å²) in [4.78, 5) is 29.7. The van der Waals surface area contributed by atoms with Crippen molar-refractivity contribution in [3.8, 4) is 0 Å². The number of rotatable bonds is 3. The van der Waals surface area contributed by atoms with Crippen molar-refractivity contribution >= 4 is 17.7 Å². The number of esters is 1. The molecule has 0 aliphatic heterocycles. The van der Waals surface area contributed by atoms with Crippen molar-refractivity contribution in [1.29, 1.82) is 0 Å². The Labute approximate surface area is 81.5 Å². The van der Waals surface area contributed by atoms with Crippen LogP contribution in [-0.4, -0.2) is 40.6 Å². The van der Waals surface area contributed by atoms with E-state index in [1.54, 1.807) is 6.92 Å². The fourth-order valence-electron chi connectivity index (χ4n) is 0.233. The molecule has 1 unspecified atom stereocenters. The van der Waals surface area contributed by atoms with Gasteiger partial charge in [0.2, 0.25) is 5.78 Å². The van der Waals surface area contributed by atoms with Crippen LogP contribution in [0.15, 0.2) is 0 Å². The SMILES string of the molecule is CC(O)C(=O)O.CCOC(=O)C(C)=O. The summed E-state index contributed by atoms with van der Waals surface area (Å²) < 4.78 is 4.31. The highest BCUT2D eigenvalue weighted by atomic mass is 16.5. The third kappa shape index (κ3) is 10.6. The molecule has 0 rings (SSSR count). The number of carboxylic acids is 1. The summed E-state index contributed by atoms with van der Waals surface area (Å²) in [5.74, 6) is -2.49. The first kappa shape index (κ1) is 15.1. The summed E-state index contributed by atoms with van der Waals surface area (Å²) >= 11 is 0. The Hall–Kier alpha value is -1.43. The number of hydrogen-bond donors (Lipinski definition) is 2. The van der Waals surface area contributed by atoms with E-state index in [0.29, 0.717) is 0 Å². The van der Waals surface area contributed by atoms with Gasteiger partial charge in [-0.15, -0.1) is 0 Å². The van der Waals surface area contributed by atoms with Gasteiger partial charge in [-0.2, -0.15) is 0 Å². The van der Waals surface area contributed by atoms with E-state index in [1.807, 2.05) is 0 Å². The number of ether oxygens (including phenoxy) is 1. The van der Waals surface area contributed by atoms with Gasteiger partial charge in [0.25, 0.3) is 0 Å². The fraction of sp³-hybridized carbons (Fsp3) is 0.625. The lowest BCUT2D eigenvalue weighted by Crippen LogP contribution is -2.13. The number of aliphatic hydroxyl groups excluding tert-OH is 1. The largest absolute Gasteiger partial charge is 0.479 e. The minimum Gasteiger partial charge on any atom is -0.479 e. The highest BCUT2D eigenvalue weighted by molar-refractivity contribution is 6.32. The highest BCUT2D eigenvalue weighted by Crippen LogP contribution is 1.77. The zero-order valence-corrected chi connectivity index (χ0v) is 8.31. The van der Waals surface area contributed by atoms with Crippen LogP contribution >= 0.6 is 0 Å². The van der Waals surface area contributed by atoms with Crippen molar-refractivity contribution < 1.29 is 29.3 Å². The predicted molar refractivity (Wildman–Crippen MR) is 46.6 cm³/mol. The second-order valence-electron chi connectivity index (χ2n) is 2.29. The predicted octanol–water partition coefficient (Wildman–Crippen LogP) is -0.410. The van der Waals surface area contributed by atoms with E-state index < -0.39 is 23.8 Å². The summed E-state index contributed by atoms with van der Waals surface area (Å²) in [5, 5.41) is 15.8. The summed E-state index contributed by atoms with van der Waals surface area (Å²) in [5.41, 5.74) is 0. The van der Waals surface area contributed by atoms with Gasteiger partial charge in [0.1, 0.15) is 6.10 Å². The van der Waals surface area contributed by atoms with Crippen LogP contribution in [0.5, 0.6) is 0 Å². The van der Waals surface area contributed by atoms with Gasteiger partial charge in [0.05, 0.1) is 6.61 Å². The van der Waals surface area contributed by atoms with E-state index in [4.69, 9.17) is 10.2 Å². The number of aliphatic carboxylic acids is 1. The number of Topliss-reactive ketones (excluding diaryl/α,β-unsaturated/α-hetero) is 1. The van der Waals surface area contributed by atoms with E-state index in [9.17, 15) is 14.4 Å². The Morgan fingerprint density at radius 2 is 1.71 bits per heavy atom. The fourth-order valence-corrected chi connectivity index (χ4v) is 0.233.